The van der Waals surface area contributed by atoms with Gasteiger partial charge in [-0.3, -0.25) is 20.2 Å². The van der Waals surface area contributed by atoms with Gasteiger partial charge in [0, 0.05) is 17.8 Å². The van der Waals surface area contributed by atoms with Gasteiger partial charge < -0.3 is 15.4 Å². The molecule has 0 saturated carbocycles. The quantitative estimate of drug-likeness (QED) is 0.467. The molecule has 0 radical (unpaired) electrons. The molecule has 22 heavy (non-hydrogen) atoms. The Balaban J connectivity index is 2.19. The number of nitrogens with zero attached hydrogens (tertiary/aromatic N) is 2. The van der Waals surface area contributed by atoms with Gasteiger partial charge in [-0.15, -0.1) is 0 Å². The predicted octanol–water partition coefficient (Wildman–Crippen LogP) is 1.04. The summed E-state index contributed by atoms with van der Waals surface area (Å²) >= 11 is 0. The predicted molar refractivity (Wildman–Crippen MR) is 73.9 cm³/mol. The van der Waals surface area contributed by atoms with Crippen molar-refractivity contribution in [3.8, 4) is 0 Å². The summed E-state index contributed by atoms with van der Waals surface area (Å²) in [4.78, 5) is 31.8. The smallest absolute Gasteiger partial charge is 0.339 e. The van der Waals surface area contributed by atoms with Crippen LogP contribution in [-0.2, 0) is 4.74 Å². The van der Waals surface area contributed by atoms with Crippen molar-refractivity contribution in [2.24, 2.45) is 0 Å². The van der Waals surface area contributed by atoms with Gasteiger partial charge >= 0.3 is 5.97 Å². The summed E-state index contributed by atoms with van der Waals surface area (Å²) in [6.07, 6.45) is 0. The van der Waals surface area contributed by atoms with Crippen LogP contribution in [0.4, 0.5) is 11.4 Å². The van der Waals surface area contributed by atoms with Crippen LogP contribution in [0.1, 0.15) is 17.3 Å². The zero-order valence-electron chi connectivity index (χ0n) is 11.5. The van der Waals surface area contributed by atoms with Gasteiger partial charge in [0.05, 0.1) is 33.8 Å². The highest BCUT2D eigenvalue weighted by Crippen LogP contribution is 2.23. The highest BCUT2D eigenvalue weighted by molar-refractivity contribution is 5.91. The molecule has 0 saturated heterocycles. The first-order valence-electron chi connectivity index (χ1n) is 6.17. The molecule has 1 aromatic rings. The minimum atomic E-state index is -0.874. The molecule has 0 spiro atoms. The van der Waals surface area contributed by atoms with Crippen LogP contribution in [0.15, 0.2) is 29.6 Å². The number of nitro groups is 2. The number of carbonyl (C=O) groups excluding carboxylic acids is 1. The van der Waals surface area contributed by atoms with E-state index in [4.69, 9.17) is 4.74 Å². The van der Waals surface area contributed by atoms with Crippen LogP contribution in [0.5, 0.6) is 0 Å². The third kappa shape index (κ3) is 3.29. The van der Waals surface area contributed by atoms with E-state index < -0.39 is 27.2 Å². The third-order valence-electron chi connectivity index (χ3n) is 3.02. The fourth-order valence-electron chi connectivity index (χ4n) is 1.83. The lowest BCUT2D eigenvalue weighted by Crippen LogP contribution is -2.18. The largest absolute Gasteiger partial charge is 0.456 e. The van der Waals surface area contributed by atoms with Crippen LogP contribution in [0.2, 0.25) is 0 Å². The highest BCUT2D eigenvalue weighted by atomic mass is 16.6. The van der Waals surface area contributed by atoms with Crippen molar-refractivity contribution in [2.75, 3.05) is 13.3 Å². The molecule has 116 valence electrons. The summed E-state index contributed by atoms with van der Waals surface area (Å²) in [5.41, 5.74) is 0.158. The number of rotatable bonds is 5. The van der Waals surface area contributed by atoms with Gasteiger partial charge in [0.15, 0.2) is 0 Å². The lowest BCUT2D eigenvalue weighted by atomic mass is 10.2. The number of benzene rings is 1. The highest BCUT2D eigenvalue weighted by Gasteiger charge is 2.21. The summed E-state index contributed by atoms with van der Waals surface area (Å²) in [6.45, 7) is 2.25. The fraction of sp³-hybridized carbons (Fsp3) is 0.250. The second kappa shape index (κ2) is 6.08. The van der Waals surface area contributed by atoms with Gasteiger partial charge in [0.25, 0.3) is 11.4 Å². The Labute approximate surface area is 124 Å². The maximum atomic E-state index is 11.9. The molecule has 0 fully saturated rings. The van der Waals surface area contributed by atoms with E-state index in [2.05, 4.69) is 10.6 Å². The first-order valence-corrected chi connectivity index (χ1v) is 6.17. The first kappa shape index (κ1) is 15.2. The number of allylic oxidation sites excluding steroid dienone is 1. The van der Waals surface area contributed by atoms with E-state index in [0.717, 1.165) is 23.9 Å². The topological polar surface area (TPSA) is 137 Å². The van der Waals surface area contributed by atoms with Gasteiger partial charge in [-0.2, -0.15) is 0 Å². The van der Waals surface area contributed by atoms with E-state index in [1.807, 2.05) is 0 Å². The second-order valence-electron chi connectivity index (χ2n) is 4.46. The molecule has 0 bridgehead atoms. The van der Waals surface area contributed by atoms with Crippen molar-refractivity contribution >= 4 is 17.3 Å². The number of nitro benzene ring substituents is 2. The summed E-state index contributed by atoms with van der Waals surface area (Å²) < 4.78 is 5.01. The number of ether oxygens (including phenoxy) is 1. The van der Waals surface area contributed by atoms with Gasteiger partial charge in [0.1, 0.15) is 6.61 Å². The van der Waals surface area contributed by atoms with Crippen LogP contribution in [0, 0.1) is 20.2 Å². The number of esters is 1. The molecular weight excluding hydrogens is 296 g/mol. The Morgan fingerprint density at radius 1 is 1.18 bits per heavy atom. The number of non-ortho nitro benzene ring substituents is 2. The van der Waals surface area contributed by atoms with E-state index in [1.165, 1.54) is 0 Å². The zero-order valence-corrected chi connectivity index (χ0v) is 11.5. The Hall–Kier alpha value is -3.17. The Morgan fingerprint density at radius 3 is 2.23 bits per heavy atom. The summed E-state index contributed by atoms with van der Waals surface area (Å²) in [5, 5.41) is 27.5. The van der Waals surface area contributed by atoms with E-state index in [-0.39, 0.29) is 12.2 Å². The van der Waals surface area contributed by atoms with Crippen molar-refractivity contribution in [1.82, 2.24) is 10.6 Å². The molecule has 10 nitrogen and oxygen atoms in total. The average Bonchev–Trinajstić information content (AvgIpc) is 2.89. The molecule has 1 aliphatic rings. The number of carbonyl (C=O) groups is 1. The lowest BCUT2D eigenvalue weighted by molar-refractivity contribution is -0.394. The Bertz CT molecular complexity index is 652. The molecule has 0 amide bonds. The molecule has 2 rings (SSSR count). The van der Waals surface area contributed by atoms with Crippen LogP contribution in [0.25, 0.3) is 0 Å². The molecule has 2 N–H and O–H groups in total. The SMILES string of the molecule is CC1=C(COC(=O)c2cc([N+](=O)[O-])cc([N+](=O)[O-])c2)NCN1. The van der Waals surface area contributed by atoms with Crippen molar-refractivity contribution < 1.29 is 19.4 Å². The third-order valence-corrected chi connectivity index (χ3v) is 3.02. The molecule has 0 atom stereocenters. The van der Waals surface area contributed by atoms with Crippen LogP contribution in [-0.4, -0.2) is 29.1 Å². The van der Waals surface area contributed by atoms with Crippen molar-refractivity contribution in [3.63, 3.8) is 0 Å². The Kier molecular flexibility index (Phi) is 4.20. The minimum absolute atomic E-state index is 0.0614. The molecule has 0 aliphatic carbocycles. The fourth-order valence-corrected chi connectivity index (χ4v) is 1.83. The number of nitrogens with one attached hydrogen (secondary N) is 2. The molecule has 1 heterocycles. The maximum Gasteiger partial charge on any atom is 0.339 e. The van der Waals surface area contributed by atoms with Crippen molar-refractivity contribution in [1.29, 1.82) is 0 Å². The molecule has 1 aromatic carbocycles. The normalized spacial score (nSPS) is 13.3. The van der Waals surface area contributed by atoms with E-state index in [9.17, 15) is 25.0 Å². The number of hydrogen-bond donors (Lipinski definition) is 2. The summed E-state index contributed by atoms with van der Waals surface area (Å²) in [5.74, 6) is -0.874. The van der Waals surface area contributed by atoms with Crippen molar-refractivity contribution in [3.05, 3.63) is 55.4 Å². The minimum Gasteiger partial charge on any atom is -0.456 e. The molecule has 0 aromatic heterocycles. The summed E-state index contributed by atoms with van der Waals surface area (Å²) in [6, 6.07) is 2.67. The van der Waals surface area contributed by atoms with E-state index >= 15 is 0 Å². The van der Waals surface area contributed by atoms with Gasteiger partial charge in [-0.1, -0.05) is 0 Å². The van der Waals surface area contributed by atoms with Crippen LogP contribution in [0.3, 0.4) is 0 Å². The molecule has 1 aliphatic heterocycles. The number of hydrogen-bond acceptors (Lipinski definition) is 8. The summed E-state index contributed by atoms with van der Waals surface area (Å²) in [7, 11) is 0. The first-order chi connectivity index (χ1) is 10.4. The second-order valence-corrected chi connectivity index (χ2v) is 4.46. The monoisotopic (exact) mass is 308 g/mol. The standard InChI is InChI=1S/C12H12N4O6/c1-7-11(14-6-13-7)5-22-12(17)8-2-9(15(18)19)4-10(3-8)16(20)21/h2-4,13-14H,5-6H2,1H3. The molecule has 10 heteroatoms. The Morgan fingerprint density at radius 2 is 1.77 bits per heavy atom. The van der Waals surface area contributed by atoms with E-state index in [1.54, 1.807) is 6.92 Å². The van der Waals surface area contributed by atoms with Crippen LogP contribution >= 0.6 is 0 Å². The average molecular weight is 308 g/mol. The maximum absolute atomic E-state index is 11.9. The zero-order chi connectivity index (χ0) is 16.3. The van der Waals surface area contributed by atoms with Gasteiger partial charge in [0.2, 0.25) is 0 Å². The molecule has 0 unspecified atom stereocenters. The van der Waals surface area contributed by atoms with Crippen LogP contribution < -0.4 is 10.6 Å². The lowest BCUT2D eigenvalue weighted by Gasteiger charge is -2.06. The van der Waals surface area contributed by atoms with Gasteiger partial charge in [-0.25, -0.2) is 4.79 Å². The van der Waals surface area contributed by atoms with E-state index in [0.29, 0.717) is 12.4 Å². The van der Waals surface area contributed by atoms with Crippen molar-refractivity contribution in [2.45, 2.75) is 6.92 Å². The van der Waals surface area contributed by atoms with Gasteiger partial charge in [-0.05, 0) is 6.92 Å². The molecular formula is C12H12N4O6.